The van der Waals surface area contributed by atoms with E-state index in [-0.39, 0.29) is 25.2 Å². The third kappa shape index (κ3) is 6.55. The number of esters is 1. The van der Waals surface area contributed by atoms with Gasteiger partial charge in [0.2, 0.25) is 0 Å². The lowest BCUT2D eigenvalue weighted by molar-refractivity contribution is -0.141. The van der Waals surface area contributed by atoms with Crippen LogP contribution in [0.4, 0.5) is 5.69 Å². The third-order valence-electron chi connectivity index (χ3n) is 2.72. The van der Waals surface area contributed by atoms with E-state index in [2.05, 4.69) is 15.4 Å². The number of anilines is 1. The van der Waals surface area contributed by atoms with Crippen LogP contribution in [0.5, 0.6) is 0 Å². The molecule has 0 heterocycles. The van der Waals surface area contributed by atoms with Crippen LogP contribution in [0.25, 0.3) is 0 Å². The number of hydrogen-bond acceptors (Lipinski definition) is 4. The zero-order chi connectivity index (χ0) is 15.8. The summed E-state index contributed by atoms with van der Waals surface area (Å²) in [7, 11) is 1.29. The number of ether oxygens (including phenoxy) is 1. The molecule has 0 saturated heterocycles. The first kappa shape index (κ1) is 17.4. The highest BCUT2D eigenvalue weighted by Crippen LogP contribution is 2.19. The predicted molar refractivity (Wildman–Crippen MR) is 86.7 cm³/mol. The molecule has 0 amide bonds. The van der Waals surface area contributed by atoms with Crippen LogP contribution in [0.3, 0.4) is 0 Å². The minimum atomic E-state index is -0.402. The quantitative estimate of drug-likeness (QED) is 0.617. The smallest absolute Gasteiger partial charge is 0.305 e. The molecule has 21 heavy (non-hydrogen) atoms. The molecule has 1 rings (SSSR count). The molecular weight excluding hydrogens is 312 g/mol. The van der Waals surface area contributed by atoms with Crippen molar-refractivity contribution in [3.05, 3.63) is 28.8 Å². The summed E-state index contributed by atoms with van der Waals surface area (Å²) in [5.41, 5.74) is 1.77. The molecule has 114 valence electrons. The van der Waals surface area contributed by atoms with Crippen LogP contribution in [0.1, 0.15) is 18.4 Å². The van der Waals surface area contributed by atoms with E-state index in [0.717, 1.165) is 11.3 Å². The largest absolute Gasteiger partial charge is 0.469 e. The lowest BCUT2D eigenvalue weighted by Gasteiger charge is -2.12. The van der Waals surface area contributed by atoms with Crippen LogP contribution >= 0.6 is 23.8 Å². The Balaban J connectivity index is 2.37. The Kier molecular flexibility index (Phi) is 7.11. The van der Waals surface area contributed by atoms with Gasteiger partial charge in [0.15, 0.2) is 10.9 Å². The number of thiocarbonyl (C=S) groups is 1. The number of aryl methyl sites for hydroxylation is 1. The van der Waals surface area contributed by atoms with Crippen LogP contribution in [0.2, 0.25) is 5.02 Å². The number of halogens is 1. The molecule has 0 aromatic heterocycles. The molecular formula is C14H17ClN2O3S. The Hall–Kier alpha value is -1.66. The van der Waals surface area contributed by atoms with Crippen LogP contribution in [-0.2, 0) is 14.3 Å². The Bertz CT molecular complexity index is 549. The number of benzene rings is 1. The van der Waals surface area contributed by atoms with E-state index in [4.69, 9.17) is 23.8 Å². The van der Waals surface area contributed by atoms with E-state index in [0.29, 0.717) is 10.1 Å². The lowest BCUT2D eigenvalue weighted by Crippen LogP contribution is -2.33. The second-order valence-electron chi connectivity index (χ2n) is 4.38. The summed E-state index contributed by atoms with van der Waals surface area (Å²) in [6.45, 7) is 1.97. The summed E-state index contributed by atoms with van der Waals surface area (Å²) < 4.78 is 4.47. The maximum atomic E-state index is 11.6. The number of carbonyl (C=O) groups is 2. The van der Waals surface area contributed by atoms with Crippen LogP contribution in [0.15, 0.2) is 18.2 Å². The van der Waals surface area contributed by atoms with Gasteiger partial charge in [-0.15, -0.1) is 0 Å². The van der Waals surface area contributed by atoms with Crippen molar-refractivity contribution < 1.29 is 14.3 Å². The first-order chi connectivity index (χ1) is 9.92. The number of ketones is 1. The van der Waals surface area contributed by atoms with Gasteiger partial charge >= 0.3 is 5.97 Å². The molecule has 5 nitrogen and oxygen atoms in total. The fourth-order valence-electron chi connectivity index (χ4n) is 1.54. The Labute approximate surface area is 134 Å². The first-order valence-corrected chi connectivity index (χ1v) is 7.10. The molecule has 7 heteroatoms. The molecule has 1 aromatic carbocycles. The minimum Gasteiger partial charge on any atom is -0.469 e. The molecule has 0 aliphatic rings. The number of Topliss-reactive ketones (excluding diaryl/α,β-unsaturated/α-hetero) is 1. The summed E-state index contributed by atoms with van der Waals surface area (Å²) in [6.07, 6.45) is 0.204. The van der Waals surface area contributed by atoms with Crippen molar-refractivity contribution in [2.24, 2.45) is 0 Å². The standard InChI is InChI=1S/C14H17ClN2O3S/c1-9-7-10(15)3-5-12(9)17-14(21)16-8-11(18)4-6-13(19)20-2/h3,5,7H,4,6,8H2,1-2H3,(H2,16,17,21). The molecule has 0 aliphatic heterocycles. The number of hydrogen-bond donors (Lipinski definition) is 2. The summed E-state index contributed by atoms with van der Waals surface area (Å²) in [5.74, 6) is -0.516. The highest BCUT2D eigenvalue weighted by molar-refractivity contribution is 7.80. The van der Waals surface area contributed by atoms with Crippen molar-refractivity contribution in [2.75, 3.05) is 19.0 Å². The van der Waals surface area contributed by atoms with Crippen molar-refractivity contribution in [1.29, 1.82) is 0 Å². The van der Waals surface area contributed by atoms with Gasteiger partial charge in [-0.05, 0) is 42.9 Å². The van der Waals surface area contributed by atoms with Gasteiger partial charge in [0.05, 0.1) is 20.1 Å². The molecule has 0 radical (unpaired) electrons. The Morgan fingerprint density at radius 3 is 2.67 bits per heavy atom. The number of methoxy groups -OCH3 is 1. The zero-order valence-electron chi connectivity index (χ0n) is 11.9. The second kappa shape index (κ2) is 8.59. The Morgan fingerprint density at radius 2 is 2.05 bits per heavy atom. The van der Waals surface area contributed by atoms with E-state index < -0.39 is 5.97 Å². The lowest BCUT2D eigenvalue weighted by atomic mass is 10.2. The predicted octanol–water partition coefficient (Wildman–Crippen LogP) is 2.46. The number of nitrogens with one attached hydrogen (secondary N) is 2. The summed E-state index contributed by atoms with van der Waals surface area (Å²) >= 11 is 11.0. The monoisotopic (exact) mass is 328 g/mol. The van der Waals surface area contributed by atoms with Gasteiger partial charge in [0.1, 0.15) is 0 Å². The fraction of sp³-hybridized carbons (Fsp3) is 0.357. The summed E-state index contributed by atoms with van der Waals surface area (Å²) in [6, 6.07) is 5.37. The summed E-state index contributed by atoms with van der Waals surface area (Å²) in [4.78, 5) is 22.5. The summed E-state index contributed by atoms with van der Waals surface area (Å²) in [5, 5.41) is 6.77. The van der Waals surface area contributed by atoms with E-state index in [9.17, 15) is 9.59 Å². The van der Waals surface area contributed by atoms with Gasteiger partial charge < -0.3 is 15.4 Å². The number of rotatable bonds is 6. The van der Waals surface area contributed by atoms with E-state index in [1.807, 2.05) is 19.1 Å². The molecule has 0 saturated carbocycles. The average Bonchev–Trinajstić information content (AvgIpc) is 2.45. The molecule has 0 atom stereocenters. The number of carbonyl (C=O) groups excluding carboxylic acids is 2. The third-order valence-corrected chi connectivity index (χ3v) is 3.20. The fourth-order valence-corrected chi connectivity index (χ4v) is 1.95. The van der Waals surface area contributed by atoms with Crippen molar-refractivity contribution in [3.8, 4) is 0 Å². The van der Waals surface area contributed by atoms with E-state index in [1.165, 1.54) is 7.11 Å². The van der Waals surface area contributed by atoms with Crippen molar-refractivity contribution in [2.45, 2.75) is 19.8 Å². The SMILES string of the molecule is COC(=O)CCC(=O)CNC(=S)Nc1ccc(Cl)cc1C. The van der Waals surface area contributed by atoms with Crippen LogP contribution in [-0.4, -0.2) is 30.5 Å². The average molecular weight is 329 g/mol. The molecule has 0 unspecified atom stereocenters. The van der Waals surface area contributed by atoms with Crippen molar-refractivity contribution in [3.63, 3.8) is 0 Å². The maximum Gasteiger partial charge on any atom is 0.305 e. The molecule has 1 aromatic rings. The molecule has 0 bridgehead atoms. The van der Waals surface area contributed by atoms with Gasteiger partial charge in [0, 0.05) is 17.1 Å². The van der Waals surface area contributed by atoms with Gasteiger partial charge in [-0.25, -0.2) is 0 Å². The first-order valence-electron chi connectivity index (χ1n) is 6.32. The van der Waals surface area contributed by atoms with Gasteiger partial charge in [-0.2, -0.15) is 0 Å². The Morgan fingerprint density at radius 1 is 1.33 bits per heavy atom. The minimum absolute atomic E-state index is 0.0649. The van der Waals surface area contributed by atoms with Crippen molar-refractivity contribution in [1.82, 2.24) is 5.32 Å². The van der Waals surface area contributed by atoms with Gasteiger partial charge in [0.25, 0.3) is 0 Å². The normalized spacial score (nSPS) is 9.86. The molecule has 0 fully saturated rings. The zero-order valence-corrected chi connectivity index (χ0v) is 13.4. The maximum absolute atomic E-state index is 11.6. The highest BCUT2D eigenvalue weighted by Gasteiger charge is 2.08. The van der Waals surface area contributed by atoms with Crippen LogP contribution < -0.4 is 10.6 Å². The molecule has 0 aliphatic carbocycles. The molecule has 0 spiro atoms. The van der Waals surface area contributed by atoms with E-state index in [1.54, 1.807) is 6.07 Å². The van der Waals surface area contributed by atoms with Crippen molar-refractivity contribution >= 4 is 46.4 Å². The molecule has 2 N–H and O–H groups in total. The van der Waals surface area contributed by atoms with Crippen LogP contribution in [0, 0.1) is 6.92 Å². The van der Waals surface area contributed by atoms with E-state index >= 15 is 0 Å². The second-order valence-corrected chi connectivity index (χ2v) is 5.23. The van der Waals surface area contributed by atoms with Gasteiger partial charge in [-0.3, -0.25) is 9.59 Å². The topological polar surface area (TPSA) is 67.4 Å². The van der Waals surface area contributed by atoms with Gasteiger partial charge in [-0.1, -0.05) is 11.6 Å². The highest BCUT2D eigenvalue weighted by atomic mass is 35.5.